The number of rotatable bonds is 0. The monoisotopic (exact) mass is 118 g/mol. The first-order valence-electron chi connectivity index (χ1n) is 2.87. The van der Waals surface area contributed by atoms with Gasteiger partial charge < -0.3 is 5.11 Å². The number of aliphatic hydroxyl groups is 1. The molecule has 0 saturated heterocycles. The van der Waals surface area contributed by atoms with Crippen LogP contribution in [0, 0.1) is 0 Å². The van der Waals surface area contributed by atoms with Crippen LogP contribution in [0.5, 0.6) is 0 Å². The molecule has 0 saturated carbocycles. The van der Waals surface area contributed by atoms with E-state index in [1.165, 1.54) is 0 Å². The van der Waals surface area contributed by atoms with Crippen molar-refractivity contribution in [3.05, 3.63) is 47.3 Å². The molecule has 0 aromatic heterocycles. The molecule has 0 heterocycles. The van der Waals surface area contributed by atoms with Gasteiger partial charge in [-0.1, -0.05) is 18.2 Å². The molecule has 2 rings (SSSR count). The summed E-state index contributed by atoms with van der Waals surface area (Å²) in [5.74, 6) is 0.362. The zero-order valence-electron chi connectivity index (χ0n) is 4.83. The summed E-state index contributed by atoms with van der Waals surface area (Å²) in [6.07, 6.45) is 9.46. The van der Waals surface area contributed by atoms with E-state index in [0.29, 0.717) is 5.76 Å². The second kappa shape index (κ2) is 1.38. The summed E-state index contributed by atoms with van der Waals surface area (Å²) in [5.41, 5.74) is 2.24. The Labute approximate surface area is 53.3 Å². The van der Waals surface area contributed by atoms with E-state index in [1.807, 2.05) is 18.2 Å². The highest BCUT2D eigenvalue weighted by Gasteiger charge is 2.10. The van der Waals surface area contributed by atoms with E-state index in [4.69, 9.17) is 5.11 Å². The predicted molar refractivity (Wildman–Crippen MR) is 36.0 cm³/mol. The van der Waals surface area contributed by atoms with Gasteiger partial charge >= 0.3 is 0 Å². The summed E-state index contributed by atoms with van der Waals surface area (Å²) in [7, 11) is 0. The third-order valence-electron chi connectivity index (χ3n) is 1.49. The van der Waals surface area contributed by atoms with Gasteiger partial charge in [-0.2, -0.15) is 0 Å². The molecule has 0 fully saturated rings. The maximum absolute atomic E-state index is 8.94. The molecule has 0 radical (unpaired) electrons. The number of hydrogen-bond donors (Lipinski definition) is 1. The predicted octanol–water partition coefficient (Wildman–Crippen LogP) is 1.86. The van der Waals surface area contributed by atoms with Crippen LogP contribution < -0.4 is 0 Å². The Balaban J connectivity index is 2.53. The SMILES string of the molecule is OC1=CC2=CC=CC2=C1. The highest BCUT2D eigenvalue weighted by Crippen LogP contribution is 2.26. The molecule has 2 aliphatic rings. The average Bonchev–Trinajstić information content (AvgIpc) is 2.22. The third-order valence-corrected chi connectivity index (χ3v) is 1.49. The highest BCUT2D eigenvalue weighted by atomic mass is 16.3. The highest BCUT2D eigenvalue weighted by molar-refractivity contribution is 5.60. The number of fused-ring (bicyclic) bond motifs is 1. The van der Waals surface area contributed by atoms with Gasteiger partial charge in [0, 0.05) is 0 Å². The molecule has 2 aliphatic carbocycles. The Morgan fingerprint density at radius 2 is 2.00 bits per heavy atom. The van der Waals surface area contributed by atoms with E-state index >= 15 is 0 Å². The van der Waals surface area contributed by atoms with Crippen molar-refractivity contribution in [1.82, 2.24) is 0 Å². The van der Waals surface area contributed by atoms with Crippen LogP contribution in [0.1, 0.15) is 0 Å². The molecule has 0 atom stereocenters. The van der Waals surface area contributed by atoms with Crippen molar-refractivity contribution >= 4 is 0 Å². The minimum atomic E-state index is 0.362. The second-order valence-corrected chi connectivity index (χ2v) is 2.15. The molecule has 44 valence electrons. The van der Waals surface area contributed by atoms with E-state index in [2.05, 4.69) is 0 Å². The quantitative estimate of drug-likeness (QED) is 0.514. The van der Waals surface area contributed by atoms with Crippen molar-refractivity contribution in [3.8, 4) is 0 Å². The van der Waals surface area contributed by atoms with Crippen molar-refractivity contribution in [1.29, 1.82) is 0 Å². The van der Waals surface area contributed by atoms with Crippen LogP contribution in [-0.2, 0) is 0 Å². The van der Waals surface area contributed by atoms with Crippen LogP contribution in [0.4, 0.5) is 0 Å². The van der Waals surface area contributed by atoms with Crippen LogP contribution in [0.2, 0.25) is 0 Å². The average molecular weight is 118 g/mol. The first-order chi connectivity index (χ1) is 4.36. The number of allylic oxidation sites excluding steroid dienone is 7. The molecule has 0 aromatic carbocycles. The van der Waals surface area contributed by atoms with Crippen molar-refractivity contribution in [2.75, 3.05) is 0 Å². The van der Waals surface area contributed by atoms with Crippen LogP contribution in [0.3, 0.4) is 0 Å². The topological polar surface area (TPSA) is 20.2 Å². The molecule has 0 aromatic rings. The lowest BCUT2D eigenvalue weighted by atomic mass is 10.2. The fraction of sp³-hybridized carbons (Fsp3) is 0. The van der Waals surface area contributed by atoms with Crippen LogP contribution in [0.15, 0.2) is 47.3 Å². The van der Waals surface area contributed by atoms with Crippen LogP contribution in [0.25, 0.3) is 0 Å². The van der Waals surface area contributed by atoms with Crippen LogP contribution in [-0.4, -0.2) is 5.11 Å². The molecule has 0 unspecified atom stereocenters. The Bertz CT molecular complexity index is 264. The van der Waals surface area contributed by atoms with E-state index in [-0.39, 0.29) is 0 Å². The first-order valence-corrected chi connectivity index (χ1v) is 2.87. The van der Waals surface area contributed by atoms with E-state index < -0.39 is 0 Å². The summed E-state index contributed by atoms with van der Waals surface area (Å²) in [6.45, 7) is 0. The Kier molecular flexibility index (Phi) is 0.707. The second-order valence-electron chi connectivity index (χ2n) is 2.15. The number of aliphatic hydroxyl groups excluding tert-OH is 1. The molecular formula is C8H6O. The first kappa shape index (κ1) is 4.62. The molecular weight excluding hydrogens is 112 g/mol. The van der Waals surface area contributed by atoms with Gasteiger partial charge in [0.25, 0.3) is 0 Å². The molecule has 1 N–H and O–H groups in total. The van der Waals surface area contributed by atoms with Crippen molar-refractivity contribution < 1.29 is 5.11 Å². The molecule has 0 spiro atoms. The lowest BCUT2D eigenvalue weighted by molar-refractivity contribution is 0.434. The summed E-state index contributed by atoms with van der Waals surface area (Å²) in [5, 5.41) is 8.94. The minimum Gasteiger partial charge on any atom is -0.508 e. The van der Waals surface area contributed by atoms with Gasteiger partial charge in [0.2, 0.25) is 0 Å². The van der Waals surface area contributed by atoms with Crippen molar-refractivity contribution in [2.24, 2.45) is 0 Å². The summed E-state index contributed by atoms with van der Waals surface area (Å²) >= 11 is 0. The fourth-order valence-corrected chi connectivity index (χ4v) is 1.07. The summed E-state index contributed by atoms with van der Waals surface area (Å²) in [4.78, 5) is 0. The maximum atomic E-state index is 8.94. The van der Waals surface area contributed by atoms with E-state index in [9.17, 15) is 0 Å². The molecule has 0 aliphatic heterocycles. The van der Waals surface area contributed by atoms with Gasteiger partial charge in [-0.3, -0.25) is 0 Å². The maximum Gasteiger partial charge on any atom is 0.116 e. The van der Waals surface area contributed by atoms with Gasteiger partial charge in [0.1, 0.15) is 5.76 Å². The van der Waals surface area contributed by atoms with E-state index in [1.54, 1.807) is 12.2 Å². The van der Waals surface area contributed by atoms with E-state index in [0.717, 1.165) is 11.1 Å². The molecule has 0 amide bonds. The molecule has 1 heteroatoms. The molecule has 9 heavy (non-hydrogen) atoms. The number of hydrogen-bond acceptors (Lipinski definition) is 1. The normalized spacial score (nSPS) is 21.1. The Morgan fingerprint density at radius 1 is 1.11 bits per heavy atom. The Morgan fingerprint density at radius 3 is 2.78 bits per heavy atom. The van der Waals surface area contributed by atoms with Crippen molar-refractivity contribution in [2.45, 2.75) is 0 Å². The van der Waals surface area contributed by atoms with Crippen molar-refractivity contribution in [3.63, 3.8) is 0 Å². The largest absolute Gasteiger partial charge is 0.508 e. The fourth-order valence-electron chi connectivity index (χ4n) is 1.07. The van der Waals surface area contributed by atoms with Crippen LogP contribution >= 0.6 is 0 Å². The standard InChI is InChI=1S/C8H6O/c9-8-4-6-2-1-3-7(6)5-8/h1-5,9H. The smallest absolute Gasteiger partial charge is 0.116 e. The van der Waals surface area contributed by atoms with Gasteiger partial charge in [-0.25, -0.2) is 0 Å². The van der Waals surface area contributed by atoms with Gasteiger partial charge in [-0.05, 0) is 23.3 Å². The van der Waals surface area contributed by atoms with Gasteiger partial charge in [0.05, 0.1) is 0 Å². The Hall–Kier alpha value is -1.24. The zero-order valence-corrected chi connectivity index (χ0v) is 4.83. The lowest BCUT2D eigenvalue weighted by Gasteiger charge is -1.84. The minimum absolute atomic E-state index is 0.362. The molecule has 1 nitrogen and oxygen atoms in total. The summed E-state index contributed by atoms with van der Waals surface area (Å²) < 4.78 is 0. The summed E-state index contributed by atoms with van der Waals surface area (Å²) in [6, 6.07) is 0. The van der Waals surface area contributed by atoms with Gasteiger partial charge in [-0.15, -0.1) is 0 Å². The lowest BCUT2D eigenvalue weighted by Crippen LogP contribution is -1.67. The third kappa shape index (κ3) is 0.545. The zero-order chi connectivity index (χ0) is 6.27. The molecule has 0 bridgehead atoms. The van der Waals surface area contributed by atoms with Gasteiger partial charge in [0.15, 0.2) is 0 Å².